The number of sulfonamides is 1. The maximum atomic E-state index is 13.5. The predicted molar refractivity (Wildman–Crippen MR) is 130 cm³/mol. The molecule has 2 fully saturated rings. The Kier molecular flexibility index (Phi) is 7.91. The van der Waals surface area contributed by atoms with Gasteiger partial charge in [0.05, 0.1) is 18.6 Å². The number of rotatable bonds is 6. The molecule has 2 heterocycles. The van der Waals surface area contributed by atoms with Crippen molar-refractivity contribution in [3.63, 3.8) is 0 Å². The standard InChI is InChI=1S/C26H32N2O5S/c1-32-16-6-7-20-10-12-21(13-11-20)26-24-18-27(14-3-4-15-28(24)25(26)19-29)34(30,31)23-9-5-8-22(17-23)33-2/h5,8-13,17,24-26,29H,3-4,14-16,18-19H2,1-2H3/t24-,25+,26-/m0/s1. The van der Waals surface area contributed by atoms with Crippen molar-refractivity contribution in [3.05, 3.63) is 59.7 Å². The van der Waals surface area contributed by atoms with Gasteiger partial charge in [-0.25, -0.2) is 8.42 Å². The van der Waals surface area contributed by atoms with Crippen LogP contribution in [0.3, 0.4) is 0 Å². The average molecular weight is 485 g/mol. The van der Waals surface area contributed by atoms with Gasteiger partial charge in [0.25, 0.3) is 0 Å². The van der Waals surface area contributed by atoms with Crippen molar-refractivity contribution >= 4 is 10.0 Å². The van der Waals surface area contributed by atoms with Crippen molar-refractivity contribution in [2.75, 3.05) is 47.1 Å². The first-order valence-corrected chi connectivity index (χ1v) is 13.0. The largest absolute Gasteiger partial charge is 0.497 e. The van der Waals surface area contributed by atoms with E-state index in [1.54, 1.807) is 35.7 Å². The minimum absolute atomic E-state index is 0.00302. The van der Waals surface area contributed by atoms with Crippen LogP contribution in [-0.2, 0) is 14.8 Å². The van der Waals surface area contributed by atoms with Gasteiger partial charge in [0.1, 0.15) is 12.4 Å². The molecule has 4 rings (SSSR count). The Morgan fingerprint density at radius 1 is 1.09 bits per heavy atom. The summed E-state index contributed by atoms with van der Waals surface area (Å²) < 4.78 is 38.9. The maximum Gasteiger partial charge on any atom is 0.243 e. The fourth-order valence-corrected chi connectivity index (χ4v) is 6.57. The van der Waals surface area contributed by atoms with Crippen LogP contribution in [0.15, 0.2) is 53.4 Å². The zero-order chi connectivity index (χ0) is 24.1. The van der Waals surface area contributed by atoms with Crippen molar-refractivity contribution in [2.45, 2.75) is 35.7 Å². The van der Waals surface area contributed by atoms with Gasteiger partial charge in [-0.3, -0.25) is 4.90 Å². The topological polar surface area (TPSA) is 79.3 Å². The predicted octanol–water partition coefficient (Wildman–Crippen LogP) is 2.31. The summed E-state index contributed by atoms with van der Waals surface area (Å²) in [6.45, 7) is 2.15. The fraction of sp³-hybridized carbons (Fsp3) is 0.462. The first-order chi connectivity index (χ1) is 16.5. The van der Waals surface area contributed by atoms with Crippen molar-refractivity contribution in [1.29, 1.82) is 0 Å². The summed E-state index contributed by atoms with van der Waals surface area (Å²) in [5.74, 6) is 6.59. The maximum absolute atomic E-state index is 13.5. The molecule has 2 aromatic rings. The summed E-state index contributed by atoms with van der Waals surface area (Å²) in [6, 6.07) is 14.7. The van der Waals surface area contributed by atoms with Crippen LogP contribution in [0.25, 0.3) is 0 Å². The molecule has 7 nitrogen and oxygen atoms in total. The Bertz CT molecular complexity index is 1140. The van der Waals surface area contributed by atoms with Crippen molar-refractivity contribution in [2.24, 2.45) is 0 Å². The van der Waals surface area contributed by atoms with Gasteiger partial charge in [0, 0.05) is 49.8 Å². The zero-order valence-electron chi connectivity index (χ0n) is 19.7. The number of aliphatic hydroxyl groups is 1. The van der Waals surface area contributed by atoms with Crippen LogP contribution >= 0.6 is 0 Å². The minimum atomic E-state index is -3.67. The smallest absolute Gasteiger partial charge is 0.243 e. The molecule has 182 valence electrons. The first-order valence-electron chi connectivity index (χ1n) is 11.6. The quantitative estimate of drug-likeness (QED) is 0.634. The highest BCUT2D eigenvalue weighted by Gasteiger charge is 2.50. The third-order valence-corrected chi connectivity index (χ3v) is 8.62. The fourth-order valence-electron chi connectivity index (χ4n) is 5.04. The Hall–Kier alpha value is -2.41. The number of hydrogen-bond donors (Lipinski definition) is 1. The van der Waals surface area contributed by atoms with Gasteiger partial charge in [-0.15, -0.1) is 0 Å². The molecule has 2 aromatic carbocycles. The Morgan fingerprint density at radius 2 is 1.85 bits per heavy atom. The van der Waals surface area contributed by atoms with E-state index >= 15 is 0 Å². The molecule has 0 radical (unpaired) electrons. The summed E-state index contributed by atoms with van der Waals surface area (Å²) in [5.41, 5.74) is 1.99. The molecule has 1 N–H and O–H groups in total. The number of hydrogen-bond acceptors (Lipinski definition) is 6. The monoisotopic (exact) mass is 484 g/mol. The van der Waals surface area contributed by atoms with Gasteiger partial charge in [-0.2, -0.15) is 4.31 Å². The summed E-state index contributed by atoms with van der Waals surface area (Å²) in [4.78, 5) is 2.51. The molecule has 0 bridgehead atoms. The molecule has 34 heavy (non-hydrogen) atoms. The highest BCUT2D eigenvalue weighted by atomic mass is 32.2. The van der Waals surface area contributed by atoms with E-state index in [1.807, 2.05) is 24.3 Å². The van der Waals surface area contributed by atoms with Crippen LogP contribution in [0.5, 0.6) is 5.75 Å². The molecule has 2 saturated heterocycles. The molecule has 0 saturated carbocycles. The second-order valence-corrected chi connectivity index (χ2v) is 10.6. The van der Waals surface area contributed by atoms with Crippen molar-refractivity contribution in [3.8, 4) is 17.6 Å². The molecule has 3 atom stereocenters. The molecule has 2 aliphatic rings. The van der Waals surface area contributed by atoms with Gasteiger partial charge in [-0.1, -0.05) is 30.0 Å². The number of nitrogens with zero attached hydrogens (tertiary/aromatic N) is 2. The van der Waals surface area contributed by atoms with E-state index in [9.17, 15) is 13.5 Å². The molecule has 0 amide bonds. The number of methoxy groups -OCH3 is 2. The summed E-state index contributed by atoms with van der Waals surface area (Å²) in [6.07, 6.45) is 1.67. The lowest BCUT2D eigenvalue weighted by Crippen LogP contribution is -2.67. The van der Waals surface area contributed by atoms with Gasteiger partial charge >= 0.3 is 0 Å². The van der Waals surface area contributed by atoms with Crippen molar-refractivity contribution in [1.82, 2.24) is 9.21 Å². The van der Waals surface area contributed by atoms with Crippen LogP contribution in [0, 0.1) is 11.8 Å². The normalized spacial score (nSPS) is 23.6. The Balaban J connectivity index is 1.59. The highest BCUT2D eigenvalue weighted by molar-refractivity contribution is 7.89. The molecule has 0 aliphatic carbocycles. The van der Waals surface area contributed by atoms with E-state index in [4.69, 9.17) is 9.47 Å². The molecular weight excluding hydrogens is 452 g/mol. The van der Waals surface area contributed by atoms with Crippen LogP contribution in [0.4, 0.5) is 0 Å². The van der Waals surface area contributed by atoms with E-state index in [-0.39, 0.29) is 29.5 Å². The van der Waals surface area contributed by atoms with Crippen LogP contribution in [0.2, 0.25) is 0 Å². The molecule has 0 unspecified atom stereocenters. The van der Waals surface area contributed by atoms with Crippen LogP contribution in [0.1, 0.15) is 29.9 Å². The summed E-state index contributed by atoms with van der Waals surface area (Å²) in [7, 11) is -0.529. The lowest BCUT2D eigenvalue weighted by atomic mass is 9.74. The Morgan fingerprint density at radius 3 is 2.56 bits per heavy atom. The molecule has 8 heteroatoms. The van der Waals surface area contributed by atoms with Gasteiger partial charge in [0.2, 0.25) is 10.0 Å². The van der Waals surface area contributed by atoms with Crippen LogP contribution in [-0.4, -0.2) is 81.9 Å². The number of fused-ring (bicyclic) bond motifs is 1. The van der Waals surface area contributed by atoms with Gasteiger partial charge in [0.15, 0.2) is 0 Å². The second-order valence-electron chi connectivity index (χ2n) is 8.69. The number of aliphatic hydroxyl groups excluding tert-OH is 1. The van der Waals surface area contributed by atoms with E-state index in [1.165, 1.54) is 7.11 Å². The zero-order valence-corrected chi connectivity index (χ0v) is 20.5. The number of benzene rings is 2. The third kappa shape index (κ3) is 4.99. The van der Waals surface area contributed by atoms with E-state index in [2.05, 4.69) is 16.7 Å². The SMILES string of the molecule is COCC#Cc1ccc([C@@H]2[C@@H](CO)N3CCCCN(S(=O)(=O)c4cccc(OC)c4)C[C@@H]23)cc1. The summed E-state index contributed by atoms with van der Waals surface area (Å²) >= 11 is 0. The molecule has 0 aromatic heterocycles. The van der Waals surface area contributed by atoms with Gasteiger partial charge in [-0.05, 0) is 49.2 Å². The Labute approximate surface area is 202 Å². The minimum Gasteiger partial charge on any atom is -0.497 e. The molecule has 0 spiro atoms. The van der Waals surface area contributed by atoms with Crippen LogP contribution < -0.4 is 4.74 Å². The number of ether oxygens (including phenoxy) is 2. The lowest BCUT2D eigenvalue weighted by molar-refractivity contribution is -0.0553. The van der Waals surface area contributed by atoms with E-state index in [0.29, 0.717) is 25.4 Å². The summed E-state index contributed by atoms with van der Waals surface area (Å²) in [5, 5.41) is 10.2. The van der Waals surface area contributed by atoms with E-state index in [0.717, 1.165) is 30.5 Å². The van der Waals surface area contributed by atoms with E-state index < -0.39 is 10.0 Å². The average Bonchev–Trinajstić information content (AvgIpc) is 2.84. The molecule has 2 aliphatic heterocycles. The highest BCUT2D eigenvalue weighted by Crippen LogP contribution is 2.42. The third-order valence-electron chi connectivity index (χ3n) is 6.76. The molecular formula is C26H32N2O5S. The second kappa shape index (κ2) is 10.9. The lowest BCUT2D eigenvalue weighted by Gasteiger charge is -2.57. The first kappa shape index (κ1) is 24.7. The van der Waals surface area contributed by atoms with Crippen molar-refractivity contribution < 1.29 is 23.0 Å². The van der Waals surface area contributed by atoms with Gasteiger partial charge < -0.3 is 14.6 Å².